The normalized spacial score (nSPS) is 17.2. The number of fused-ring (bicyclic) bond motifs is 1. The molecule has 1 N–H and O–H groups in total. The second-order valence-corrected chi connectivity index (χ2v) is 5.62. The van der Waals surface area contributed by atoms with Crippen LogP contribution in [0.15, 0.2) is 35.1 Å². The second-order valence-electron chi connectivity index (χ2n) is 4.70. The van der Waals surface area contributed by atoms with Gasteiger partial charge in [-0.1, -0.05) is 0 Å². The maximum absolute atomic E-state index is 12.3. The number of aryl methyl sites for hydroxylation is 1. The number of carbonyl (C=O) groups is 1. The number of pyridine rings is 1. The quantitative estimate of drug-likeness (QED) is 0.916. The highest BCUT2D eigenvalue weighted by atomic mass is 79.9. The van der Waals surface area contributed by atoms with Gasteiger partial charge in [0.25, 0.3) is 5.91 Å². The molecule has 1 aliphatic heterocycles. The van der Waals surface area contributed by atoms with Crippen molar-refractivity contribution in [1.29, 1.82) is 0 Å². The topological polar surface area (TPSA) is 56.2 Å². The van der Waals surface area contributed by atoms with Crippen LogP contribution in [0.4, 0.5) is 0 Å². The maximum atomic E-state index is 12.3. The first kappa shape index (κ1) is 13.2. The molecule has 0 aromatic carbocycles. The summed E-state index contributed by atoms with van der Waals surface area (Å²) in [4.78, 5) is 16.7. The van der Waals surface area contributed by atoms with Gasteiger partial charge in [-0.2, -0.15) is 0 Å². The minimum atomic E-state index is -0.110. The van der Waals surface area contributed by atoms with Gasteiger partial charge in [-0.05, 0) is 34.1 Å². The molecule has 1 amide bonds. The van der Waals surface area contributed by atoms with Gasteiger partial charge in [-0.25, -0.2) is 0 Å². The van der Waals surface area contributed by atoms with Crippen molar-refractivity contribution in [3.8, 4) is 5.75 Å². The summed E-state index contributed by atoms with van der Waals surface area (Å²) in [7, 11) is 1.84. The summed E-state index contributed by atoms with van der Waals surface area (Å²) in [5.41, 5.74) is 1.40. The van der Waals surface area contributed by atoms with Crippen LogP contribution in [0.25, 0.3) is 0 Å². The van der Waals surface area contributed by atoms with Crippen molar-refractivity contribution in [2.75, 3.05) is 6.61 Å². The largest absolute Gasteiger partial charge is 0.491 e. The number of nitrogens with zero attached hydrogens (tertiary/aromatic N) is 2. The summed E-state index contributed by atoms with van der Waals surface area (Å²) in [6.07, 6.45) is 4.29. The summed E-state index contributed by atoms with van der Waals surface area (Å²) in [5, 5.41) is 3.02. The smallest absolute Gasteiger partial charge is 0.268 e. The lowest BCUT2D eigenvalue weighted by molar-refractivity contribution is 0.0915. The molecular formula is C14H14BrN3O2. The summed E-state index contributed by atoms with van der Waals surface area (Å²) in [6.45, 7) is 0.584. The zero-order valence-corrected chi connectivity index (χ0v) is 12.6. The summed E-state index contributed by atoms with van der Waals surface area (Å²) >= 11 is 3.37. The molecule has 0 spiro atoms. The van der Waals surface area contributed by atoms with Gasteiger partial charge in [0, 0.05) is 30.3 Å². The molecule has 0 radical (unpaired) electrons. The molecule has 0 saturated heterocycles. The fourth-order valence-corrected chi connectivity index (χ4v) is 2.86. The molecule has 2 aromatic rings. The number of halogens is 1. The number of rotatable bonds is 2. The molecule has 6 heteroatoms. The van der Waals surface area contributed by atoms with Gasteiger partial charge >= 0.3 is 0 Å². The third-order valence-electron chi connectivity index (χ3n) is 3.30. The van der Waals surface area contributed by atoms with E-state index in [1.807, 2.05) is 25.4 Å². The first-order valence-corrected chi connectivity index (χ1v) is 7.15. The Bertz CT molecular complexity index is 654. The highest BCUT2D eigenvalue weighted by molar-refractivity contribution is 9.10. The lowest BCUT2D eigenvalue weighted by Gasteiger charge is -2.25. The number of nitrogens with one attached hydrogen (secondary N) is 1. The van der Waals surface area contributed by atoms with E-state index in [4.69, 9.17) is 4.74 Å². The van der Waals surface area contributed by atoms with Crippen LogP contribution in [0, 0.1) is 0 Å². The molecule has 3 heterocycles. The molecule has 1 aliphatic rings. The van der Waals surface area contributed by atoms with Crippen LogP contribution < -0.4 is 10.1 Å². The zero-order chi connectivity index (χ0) is 14.1. The molecule has 0 fully saturated rings. The van der Waals surface area contributed by atoms with Crippen molar-refractivity contribution < 1.29 is 9.53 Å². The van der Waals surface area contributed by atoms with Gasteiger partial charge < -0.3 is 14.6 Å². The summed E-state index contributed by atoms with van der Waals surface area (Å²) < 4.78 is 8.22. The van der Waals surface area contributed by atoms with E-state index in [0.29, 0.717) is 12.3 Å². The van der Waals surface area contributed by atoms with E-state index >= 15 is 0 Å². The molecule has 5 nitrogen and oxygen atoms in total. The fraction of sp³-hybridized carbons (Fsp3) is 0.286. The lowest BCUT2D eigenvalue weighted by atomic mass is 10.1. The van der Waals surface area contributed by atoms with E-state index in [1.54, 1.807) is 16.8 Å². The summed E-state index contributed by atoms with van der Waals surface area (Å²) in [5.74, 6) is 0.638. The molecule has 1 atom stereocenters. The average molecular weight is 336 g/mol. The molecule has 0 saturated carbocycles. The third-order valence-corrected chi connectivity index (χ3v) is 3.74. The molecule has 3 rings (SSSR count). The Balaban J connectivity index is 1.82. The molecule has 1 unspecified atom stereocenters. The Labute approximate surface area is 125 Å². The van der Waals surface area contributed by atoms with Gasteiger partial charge in [0.2, 0.25) is 0 Å². The van der Waals surface area contributed by atoms with E-state index in [9.17, 15) is 4.79 Å². The Kier molecular flexibility index (Phi) is 3.48. The van der Waals surface area contributed by atoms with Crippen molar-refractivity contribution in [2.24, 2.45) is 7.05 Å². The van der Waals surface area contributed by atoms with Crippen LogP contribution in [0.2, 0.25) is 0 Å². The molecule has 0 bridgehead atoms. The van der Waals surface area contributed by atoms with Crippen molar-refractivity contribution in [2.45, 2.75) is 12.5 Å². The predicted octanol–water partition coefficient (Wildman–Crippen LogP) is 2.44. The van der Waals surface area contributed by atoms with E-state index in [2.05, 4.69) is 26.2 Å². The summed E-state index contributed by atoms with van der Waals surface area (Å²) in [6, 6.07) is 5.39. The van der Waals surface area contributed by atoms with E-state index in [-0.39, 0.29) is 11.9 Å². The Morgan fingerprint density at radius 3 is 3.20 bits per heavy atom. The Hall–Kier alpha value is -1.82. The first-order valence-electron chi connectivity index (χ1n) is 6.35. The van der Waals surface area contributed by atoms with Gasteiger partial charge in [0.1, 0.15) is 17.1 Å². The second kappa shape index (κ2) is 5.28. The van der Waals surface area contributed by atoms with Crippen LogP contribution in [-0.4, -0.2) is 22.1 Å². The SMILES string of the molecule is Cn1cc(Br)cc1C(=O)NC1CCOc2cccnc21. The first-order chi connectivity index (χ1) is 9.65. The van der Waals surface area contributed by atoms with Crippen molar-refractivity contribution in [3.63, 3.8) is 0 Å². The fourth-order valence-electron chi connectivity index (χ4n) is 2.33. The average Bonchev–Trinajstić information content (AvgIpc) is 2.78. The van der Waals surface area contributed by atoms with Gasteiger partial charge in [0.15, 0.2) is 0 Å². The number of ether oxygens (including phenoxy) is 1. The predicted molar refractivity (Wildman–Crippen MR) is 77.7 cm³/mol. The van der Waals surface area contributed by atoms with Crippen LogP contribution in [-0.2, 0) is 7.05 Å². The minimum Gasteiger partial charge on any atom is -0.491 e. The molecular weight excluding hydrogens is 322 g/mol. The Morgan fingerprint density at radius 1 is 1.60 bits per heavy atom. The van der Waals surface area contributed by atoms with E-state index in [1.165, 1.54) is 0 Å². The van der Waals surface area contributed by atoms with E-state index < -0.39 is 0 Å². The lowest BCUT2D eigenvalue weighted by Crippen LogP contribution is -2.33. The molecule has 0 aliphatic carbocycles. The number of aromatic nitrogens is 2. The molecule has 2 aromatic heterocycles. The van der Waals surface area contributed by atoms with Crippen LogP contribution in [0.3, 0.4) is 0 Å². The number of hydrogen-bond acceptors (Lipinski definition) is 3. The highest BCUT2D eigenvalue weighted by Crippen LogP contribution is 2.29. The van der Waals surface area contributed by atoms with Crippen molar-refractivity contribution in [3.05, 3.63) is 46.5 Å². The number of carbonyl (C=O) groups excluding carboxylic acids is 1. The zero-order valence-electron chi connectivity index (χ0n) is 11.0. The van der Waals surface area contributed by atoms with Gasteiger partial charge in [-0.15, -0.1) is 0 Å². The number of amides is 1. The maximum Gasteiger partial charge on any atom is 0.268 e. The van der Waals surface area contributed by atoms with Crippen LogP contribution >= 0.6 is 15.9 Å². The Morgan fingerprint density at radius 2 is 2.45 bits per heavy atom. The van der Waals surface area contributed by atoms with E-state index in [0.717, 1.165) is 22.3 Å². The van der Waals surface area contributed by atoms with Crippen molar-refractivity contribution >= 4 is 21.8 Å². The minimum absolute atomic E-state index is 0.110. The van der Waals surface area contributed by atoms with Crippen molar-refractivity contribution in [1.82, 2.24) is 14.9 Å². The monoisotopic (exact) mass is 335 g/mol. The van der Waals surface area contributed by atoms with Crippen LogP contribution in [0.5, 0.6) is 5.75 Å². The van der Waals surface area contributed by atoms with Crippen LogP contribution in [0.1, 0.15) is 28.6 Å². The molecule has 104 valence electrons. The standard InChI is InChI=1S/C14H14BrN3O2/c1-18-8-9(15)7-11(18)14(19)17-10-4-6-20-12-3-2-5-16-13(10)12/h2-3,5,7-8,10H,4,6H2,1H3,(H,17,19). The number of hydrogen-bond donors (Lipinski definition) is 1. The van der Waals surface area contributed by atoms with Gasteiger partial charge in [0.05, 0.1) is 12.6 Å². The van der Waals surface area contributed by atoms with Gasteiger partial charge in [-0.3, -0.25) is 9.78 Å². The third kappa shape index (κ3) is 2.43. The highest BCUT2D eigenvalue weighted by Gasteiger charge is 2.25. The molecule has 20 heavy (non-hydrogen) atoms.